The normalized spacial score (nSPS) is 11.0. The van der Waals surface area contributed by atoms with Crippen LogP contribution in [-0.4, -0.2) is 30.6 Å². The van der Waals surface area contributed by atoms with E-state index in [0.29, 0.717) is 10.9 Å². The van der Waals surface area contributed by atoms with Gasteiger partial charge < -0.3 is 0 Å². The van der Waals surface area contributed by atoms with Gasteiger partial charge in [-0.1, -0.05) is 29.5 Å². The van der Waals surface area contributed by atoms with Crippen LogP contribution in [0.2, 0.25) is 0 Å². The second-order valence-corrected chi connectivity index (χ2v) is 5.21. The van der Waals surface area contributed by atoms with Crippen molar-refractivity contribution in [3.05, 3.63) is 65.2 Å². The second-order valence-electron chi connectivity index (χ2n) is 5.21. The van der Waals surface area contributed by atoms with Crippen LogP contribution in [0, 0.1) is 0 Å². The van der Waals surface area contributed by atoms with E-state index in [1.165, 1.54) is 11.0 Å². The zero-order valence-corrected chi connectivity index (χ0v) is 12.5. The Hall–Kier alpha value is -3.55. The van der Waals surface area contributed by atoms with Crippen molar-refractivity contribution in [1.82, 2.24) is 24.7 Å². The third kappa shape index (κ3) is 2.39. The summed E-state index contributed by atoms with van der Waals surface area (Å²) >= 11 is 0. The summed E-state index contributed by atoms with van der Waals surface area (Å²) in [6.07, 6.45) is 1.51. The average molecular weight is 320 g/mol. The maximum atomic E-state index is 12.3. The van der Waals surface area contributed by atoms with Crippen molar-refractivity contribution in [3.8, 4) is 0 Å². The Morgan fingerprint density at radius 1 is 1.04 bits per heavy atom. The molecule has 0 aliphatic heterocycles. The van der Waals surface area contributed by atoms with Gasteiger partial charge in [-0.15, -0.1) is 5.10 Å². The van der Waals surface area contributed by atoms with Gasteiger partial charge in [0, 0.05) is 0 Å². The van der Waals surface area contributed by atoms with E-state index in [9.17, 15) is 9.59 Å². The number of para-hydroxylation sites is 2. The van der Waals surface area contributed by atoms with Gasteiger partial charge in [-0.05, 0) is 24.3 Å². The number of fused-ring (bicyclic) bond motifs is 2. The quantitative estimate of drug-likeness (QED) is 0.605. The van der Waals surface area contributed by atoms with Crippen LogP contribution in [0.5, 0.6) is 0 Å². The second kappa shape index (κ2) is 5.58. The van der Waals surface area contributed by atoms with E-state index >= 15 is 0 Å². The molecule has 0 saturated heterocycles. The van der Waals surface area contributed by atoms with Crippen molar-refractivity contribution >= 4 is 27.8 Å². The molecule has 0 saturated carbocycles. The van der Waals surface area contributed by atoms with Crippen LogP contribution in [0.25, 0.3) is 21.9 Å². The fourth-order valence-corrected chi connectivity index (χ4v) is 2.48. The molecule has 0 radical (unpaired) electrons. The molecule has 0 unspecified atom stereocenters. The van der Waals surface area contributed by atoms with Crippen LogP contribution < -0.4 is 11.0 Å². The Balaban J connectivity index is 1.60. The maximum absolute atomic E-state index is 12.3. The molecule has 2 heterocycles. The number of nitrogens with zero attached hydrogens (tertiary/aromatic N) is 5. The lowest BCUT2D eigenvalue weighted by Gasteiger charge is -2.08. The number of rotatable bonds is 3. The highest BCUT2D eigenvalue weighted by Crippen LogP contribution is 2.09. The molecule has 24 heavy (non-hydrogen) atoms. The van der Waals surface area contributed by atoms with Crippen LogP contribution >= 0.6 is 0 Å². The van der Waals surface area contributed by atoms with Crippen LogP contribution in [0.1, 0.15) is 0 Å². The highest BCUT2D eigenvalue weighted by Gasteiger charge is 2.10. The van der Waals surface area contributed by atoms with Crippen LogP contribution in [0.3, 0.4) is 0 Å². The van der Waals surface area contributed by atoms with Crippen molar-refractivity contribution in [3.63, 3.8) is 0 Å². The molecule has 8 nitrogen and oxygen atoms in total. The molecule has 4 aromatic rings. The van der Waals surface area contributed by atoms with Gasteiger partial charge in [0.05, 0.1) is 16.4 Å². The first-order valence-corrected chi connectivity index (χ1v) is 7.27. The number of benzene rings is 2. The molecule has 0 fully saturated rings. The van der Waals surface area contributed by atoms with Crippen molar-refractivity contribution in [2.75, 3.05) is 5.43 Å². The molecule has 2 aromatic heterocycles. The van der Waals surface area contributed by atoms with Crippen molar-refractivity contribution in [2.24, 2.45) is 0 Å². The molecule has 1 N–H and O–H groups in total. The van der Waals surface area contributed by atoms with E-state index in [1.807, 2.05) is 24.3 Å². The fourth-order valence-electron chi connectivity index (χ4n) is 2.48. The van der Waals surface area contributed by atoms with Crippen LogP contribution in [-0.2, 0) is 11.3 Å². The van der Waals surface area contributed by atoms with Gasteiger partial charge in [-0.25, -0.2) is 14.3 Å². The molecule has 0 bridgehead atoms. The molecule has 1 amide bonds. The third-order valence-electron chi connectivity index (χ3n) is 3.62. The van der Waals surface area contributed by atoms with E-state index in [1.54, 1.807) is 24.3 Å². The molecule has 0 aliphatic rings. The summed E-state index contributed by atoms with van der Waals surface area (Å²) in [6, 6.07) is 14.3. The number of carbonyl (C=O) groups excluding carboxylic acids is 1. The topological polar surface area (TPSA) is 94.7 Å². The van der Waals surface area contributed by atoms with Gasteiger partial charge in [-0.2, -0.15) is 0 Å². The Labute approximate surface area is 135 Å². The van der Waals surface area contributed by atoms with Gasteiger partial charge in [-0.3, -0.25) is 15.0 Å². The van der Waals surface area contributed by atoms with Gasteiger partial charge in [0.2, 0.25) is 0 Å². The first-order valence-electron chi connectivity index (χ1n) is 7.27. The highest BCUT2D eigenvalue weighted by molar-refractivity contribution is 5.86. The van der Waals surface area contributed by atoms with E-state index in [2.05, 4.69) is 20.7 Å². The molecule has 0 spiro atoms. The van der Waals surface area contributed by atoms with Crippen LogP contribution in [0.4, 0.5) is 0 Å². The zero-order valence-electron chi connectivity index (χ0n) is 12.5. The highest BCUT2D eigenvalue weighted by atomic mass is 16.2. The molecule has 2 aromatic carbocycles. The number of carbonyl (C=O) groups is 1. The Kier molecular flexibility index (Phi) is 3.27. The maximum Gasteiger partial charge on any atom is 0.278 e. The first-order chi connectivity index (χ1) is 11.7. The smallest absolute Gasteiger partial charge is 0.271 e. The number of nitrogens with one attached hydrogen (secondary N) is 1. The van der Waals surface area contributed by atoms with E-state index in [0.717, 1.165) is 15.7 Å². The lowest BCUT2D eigenvalue weighted by molar-refractivity contribution is -0.117. The standard InChI is InChI=1S/C16H12N6O2/c23-15(19-22-10-17-13-7-3-4-8-14(13)22)9-21-16(24)11-5-1-2-6-12(11)18-20-21/h1-8,10H,9H2,(H,19,23). The summed E-state index contributed by atoms with van der Waals surface area (Å²) in [6.45, 7) is -0.233. The summed E-state index contributed by atoms with van der Waals surface area (Å²) in [4.78, 5) is 28.8. The van der Waals surface area contributed by atoms with Crippen molar-refractivity contribution in [2.45, 2.75) is 6.54 Å². The molecule has 118 valence electrons. The number of aromatic nitrogens is 5. The number of amides is 1. The van der Waals surface area contributed by atoms with Crippen molar-refractivity contribution < 1.29 is 4.79 Å². The van der Waals surface area contributed by atoms with Gasteiger partial charge in [0.25, 0.3) is 11.5 Å². The van der Waals surface area contributed by atoms with Gasteiger partial charge in [0.15, 0.2) is 0 Å². The minimum Gasteiger partial charge on any atom is -0.271 e. The monoisotopic (exact) mass is 320 g/mol. The summed E-state index contributed by atoms with van der Waals surface area (Å²) in [5.74, 6) is -0.398. The Bertz CT molecular complexity index is 1110. The Morgan fingerprint density at radius 2 is 1.79 bits per heavy atom. The third-order valence-corrected chi connectivity index (χ3v) is 3.62. The zero-order chi connectivity index (χ0) is 16.5. The van der Waals surface area contributed by atoms with E-state index in [-0.39, 0.29) is 12.1 Å². The van der Waals surface area contributed by atoms with Gasteiger partial charge >= 0.3 is 0 Å². The van der Waals surface area contributed by atoms with Gasteiger partial charge in [0.1, 0.15) is 18.4 Å². The summed E-state index contributed by atoms with van der Waals surface area (Å²) < 4.78 is 2.55. The minimum absolute atomic E-state index is 0.233. The van der Waals surface area contributed by atoms with E-state index < -0.39 is 5.91 Å². The lowest BCUT2D eigenvalue weighted by Crippen LogP contribution is -2.33. The predicted octanol–water partition coefficient (Wildman–Crippen LogP) is 0.911. The summed E-state index contributed by atoms with van der Waals surface area (Å²) in [5, 5.41) is 8.19. The molecular weight excluding hydrogens is 308 g/mol. The van der Waals surface area contributed by atoms with E-state index in [4.69, 9.17) is 0 Å². The first kappa shape index (κ1) is 14.1. The molecule has 0 atom stereocenters. The predicted molar refractivity (Wildman–Crippen MR) is 87.9 cm³/mol. The largest absolute Gasteiger partial charge is 0.278 e. The molecule has 4 rings (SSSR count). The van der Waals surface area contributed by atoms with Crippen molar-refractivity contribution in [1.29, 1.82) is 0 Å². The lowest BCUT2D eigenvalue weighted by atomic mass is 10.2. The molecular formula is C16H12N6O2. The number of hydrogen-bond acceptors (Lipinski definition) is 5. The molecule has 0 aliphatic carbocycles. The fraction of sp³-hybridized carbons (Fsp3) is 0.0625. The SMILES string of the molecule is O=C(Cn1nnc2ccccc2c1=O)Nn1cnc2ccccc21. The Morgan fingerprint density at radius 3 is 2.67 bits per heavy atom. The molecule has 8 heteroatoms. The number of imidazole rings is 1. The number of hydrogen-bond donors (Lipinski definition) is 1. The summed E-state index contributed by atoms with van der Waals surface area (Å²) in [5.41, 5.74) is 4.35. The van der Waals surface area contributed by atoms with Crippen LogP contribution in [0.15, 0.2) is 59.7 Å². The summed E-state index contributed by atoms with van der Waals surface area (Å²) in [7, 11) is 0. The minimum atomic E-state index is -0.398. The average Bonchev–Trinajstić information content (AvgIpc) is 3.01.